The van der Waals surface area contributed by atoms with Crippen LogP contribution in [0.3, 0.4) is 0 Å². The quantitative estimate of drug-likeness (QED) is 0.697. The minimum atomic E-state index is -1.75. The van der Waals surface area contributed by atoms with Crippen LogP contribution in [0, 0.1) is 6.92 Å². The van der Waals surface area contributed by atoms with Crippen molar-refractivity contribution in [3.8, 4) is 0 Å². The smallest absolute Gasteiger partial charge is 0.192 e. The molecule has 1 heterocycles. The van der Waals surface area contributed by atoms with Crippen molar-refractivity contribution in [3.63, 3.8) is 0 Å². The summed E-state index contributed by atoms with van der Waals surface area (Å²) in [5.74, 6) is 0. The van der Waals surface area contributed by atoms with E-state index in [4.69, 9.17) is 16.0 Å². The van der Waals surface area contributed by atoms with Gasteiger partial charge in [-0.05, 0) is 50.2 Å². The Labute approximate surface area is 139 Å². The Morgan fingerprint density at radius 2 is 1.95 bits per heavy atom. The summed E-state index contributed by atoms with van der Waals surface area (Å²) in [7, 11) is -1.75. The molecule has 0 fully saturated rings. The minimum absolute atomic E-state index is 0.143. The number of nitrogens with zero attached hydrogens (tertiary/aromatic N) is 2. The maximum Gasteiger partial charge on any atom is 0.192 e. The van der Waals surface area contributed by atoms with Crippen LogP contribution in [-0.4, -0.2) is 24.2 Å². The van der Waals surface area contributed by atoms with Gasteiger partial charge in [-0.1, -0.05) is 32.4 Å². The van der Waals surface area contributed by atoms with Crippen LogP contribution in [0.25, 0.3) is 10.9 Å². The van der Waals surface area contributed by atoms with E-state index in [1.807, 2.05) is 22.9 Å². The molecule has 1 unspecified atom stereocenters. The number of fused-ring (bicyclic) bond motifs is 1. The third kappa shape index (κ3) is 3.55. The van der Waals surface area contributed by atoms with Crippen molar-refractivity contribution in [1.82, 2.24) is 9.78 Å². The molecule has 3 nitrogen and oxygen atoms in total. The summed E-state index contributed by atoms with van der Waals surface area (Å²) >= 11 is 6.05. The summed E-state index contributed by atoms with van der Waals surface area (Å²) in [5.41, 5.74) is 2.11. The summed E-state index contributed by atoms with van der Waals surface area (Å²) < 4.78 is 8.47. The number of halogens is 1. The molecule has 22 heavy (non-hydrogen) atoms. The first-order chi connectivity index (χ1) is 10.0. The molecule has 0 N–H and O–H groups in total. The second kappa shape index (κ2) is 5.98. The maximum atomic E-state index is 6.43. The van der Waals surface area contributed by atoms with Crippen LogP contribution in [0.15, 0.2) is 18.2 Å². The molecular formula is C17H27ClN2OSi. The van der Waals surface area contributed by atoms with Gasteiger partial charge in [-0.2, -0.15) is 5.10 Å². The molecule has 1 aromatic heterocycles. The molecule has 0 aliphatic heterocycles. The lowest BCUT2D eigenvalue weighted by Crippen LogP contribution is -2.44. The molecule has 0 spiro atoms. The van der Waals surface area contributed by atoms with Gasteiger partial charge in [0.2, 0.25) is 0 Å². The Balaban J connectivity index is 2.19. The fraction of sp³-hybridized carbons (Fsp3) is 0.588. The molecule has 122 valence electrons. The first kappa shape index (κ1) is 17.5. The van der Waals surface area contributed by atoms with E-state index in [0.29, 0.717) is 0 Å². The number of rotatable bonds is 4. The van der Waals surface area contributed by atoms with Crippen molar-refractivity contribution in [3.05, 3.63) is 28.9 Å². The Morgan fingerprint density at radius 3 is 2.55 bits per heavy atom. The average molecular weight is 339 g/mol. The Morgan fingerprint density at radius 1 is 1.32 bits per heavy atom. The van der Waals surface area contributed by atoms with Gasteiger partial charge >= 0.3 is 0 Å². The molecule has 1 aromatic carbocycles. The third-order valence-corrected chi connectivity index (χ3v) is 9.54. The fourth-order valence-electron chi connectivity index (χ4n) is 2.38. The largest absolute Gasteiger partial charge is 0.412 e. The van der Waals surface area contributed by atoms with E-state index in [1.54, 1.807) is 0 Å². The third-order valence-electron chi connectivity index (χ3n) is 4.70. The molecule has 2 rings (SSSR count). The lowest BCUT2D eigenvalue weighted by Gasteiger charge is -2.38. The lowest BCUT2D eigenvalue weighted by molar-refractivity contribution is 0.173. The molecule has 0 saturated heterocycles. The number of aryl methyl sites for hydroxylation is 1. The standard InChI is InChI=1S/C17H27ClN2OSi/c1-12(21-22(6,7)17(3,4)5)11-20-13(2)15-9-8-14(18)10-16(15)19-20/h8-10,12H,11H2,1-7H3. The summed E-state index contributed by atoms with van der Waals surface area (Å²) in [4.78, 5) is 0. The molecule has 2 aromatic rings. The minimum Gasteiger partial charge on any atom is -0.412 e. The Hall–Kier alpha value is -0.843. The molecule has 1 atom stereocenters. The summed E-state index contributed by atoms with van der Waals surface area (Å²) in [5, 5.41) is 6.77. The van der Waals surface area contributed by atoms with E-state index in [1.165, 1.54) is 0 Å². The Kier molecular flexibility index (Phi) is 4.76. The lowest BCUT2D eigenvalue weighted by atomic mass is 10.2. The van der Waals surface area contributed by atoms with Crippen molar-refractivity contribution >= 4 is 30.8 Å². The van der Waals surface area contributed by atoms with Gasteiger partial charge in [0, 0.05) is 16.1 Å². The molecule has 0 aliphatic carbocycles. The molecule has 0 radical (unpaired) electrons. The number of benzene rings is 1. The van der Waals surface area contributed by atoms with Gasteiger partial charge in [0.05, 0.1) is 18.2 Å². The SMILES string of the molecule is Cc1c2ccc(Cl)cc2nn1CC(C)O[Si](C)(C)C(C)(C)C. The topological polar surface area (TPSA) is 27.1 Å². The first-order valence-corrected chi connectivity index (χ1v) is 11.1. The van der Waals surface area contributed by atoms with Crippen LogP contribution in [0.5, 0.6) is 0 Å². The van der Waals surface area contributed by atoms with Crippen molar-refractivity contribution in [2.24, 2.45) is 0 Å². The highest BCUT2D eigenvalue weighted by atomic mass is 35.5. The van der Waals surface area contributed by atoms with Gasteiger partial charge < -0.3 is 4.43 Å². The number of hydrogen-bond acceptors (Lipinski definition) is 2. The van der Waals surface area contributed by atoms with Crippen molar-refractivity contribution in [2.45, 2.75) is 65.4 Å². The van der Waals surface area contributed by atoms with Gasteiger partial charge in [0.15, 0.2) is 8.32 Å². The van der Waals surface area contributed by atoms with Crippen LogP contribution in [0.1, 0.15) is 33.4 Å². The summed E-state index contributed by atoms with van der Waals surface area (Å²) in [6.45, 7) is 16.4. The van der Waals surface area contributed by atoms with Crippen LogP contribution in [-0.2, 0) is 11.0 Å². The zero-order chi connectivity index (χ0) is 16.7. The van der Waals surface area contributed by atoms with Crippen LogP contribution in [0.2, 0.25) is 23.2 Å². The first-order valence-electron chi connectivity index (χ1n) is 7.82. The highest BCUT2D eigenvalue weighted by Crippen LogP contribution is 2.37. The highest BCUT2D eigenvalue weighted by molar-refractivity contribution is 6.74. The van der Waals surface area contributed by atoms with Crippen molar-refractivity contribution in [2.75, 3.05) is 0 Å². The van der Waals surface area contributed by atoms with E-state index < -0.39 is 8.32 Å². The second-order valence-electron chi connectivity index (χ2n) is 7.62. The average Bonchev–Trinajstić information content (AvgIpc) is 2.63. The van der Waals surface area contributed by atoms with E-state index in [9.17, 15) is 0 Å². The van der Waals surface area contributed by atoms with Crippen LogP contribution < -0.4 is 0 Å². The Bertz CT molecular complexity index is 673. The van der Waals surface area contributed by atoms with Gasteiger partial charge in [-0.15, -0.1) is 0 Å². The normalized spacial score (nSPS) is 14.5. The monoisotopic (exact) mass is 338 g/mol. The van der Waals surface area contributed by atoms with Gasteiger partial charge in [-0.3, -0.25) is 4.68 Å². The van der Waals surface area contributed by atoms with Crippen LogP contribution in [0.4, 0.5) is 0 Å². The predicted octanol–water partition coefficient (Wildman–Crippen LogP) is 5.41. The van der Waals surface area contributed by atoms with E-state index >= 15 is 0 Å². The van der Waals surface area contributed by atoms with Gasteiger partial charge in [-0.25, -0.2) is 0 Å². The van der Waals surface area contributed by atoms with Gasteiger partial charge in [0.25, 0.3) is 0 Å². The number of hydrogen-bond donors (Lipinski definition) is 0. The van der Waals surface area contributed by atoms with E-state index in [2.05, 4.69) is 52.8 Å². The van der Waals surface area contributed by atoms with Crippen molar-refractivity contribution < 1.29 is 4.43 Å². The van der Waals surface area contributed by atoms with Crippen LogP contribution >= 0.6 is 11.6 Å². The maximum absolute atomic E-state index is 6.43. The van der Waals surface area contributed by atoms with E-state index in [0.717, 1.165) is 28.2 Å². The molecule has 0 aliphatic rings. The van der Waals surface area contributed by atoms with Gasteiger partial charge in [0.1, 0.15) is 0 Å². The zero-order valence-electron chi connectivity index (χ0n) is 14.7. The molecule has 0 bridgehead atoms. The second-order valence-corrected chi connectivity index (χ2v) is 12.8. The highest BCUT2D eigenvalue weighted by Gasteiger charge is 2.38. The van der Waals surface area contributed by atoms with E-state index in [-0.39, 0.29) is 11.1 Å². The number of aromatic nitrogens is 2. The molecule has 0 saturated carbocycles. The molecule has 5 heteroatoms. The zero-order valence-corrected chi connectivity index (χ0v) is 16.5. The summed E-state index contributed by atoms with van der Waals surface area (Å²) in [6, 6.07) is 5.87. The fourth-order valence-corrected chi connectivity index (χ4v) is 3.98. The predicted molar refractivity (Wildman–Crippen MR) is 97.2 cm³/mol. The van der Waals surface area contributed by atoms with Crippen molar-refractivity contribution in [1.29, 1.82) is 0 Å². The molecule has 0 amide bonds. The molecular weight excluding hydrogens is 312 g/mol. The summed E-state index contributed by atoms with van der Waals surface area (Å²) in [6.07, 6.45) is 0.143.